The monoisotopic (exact) mass is 246 g/mol. The smallest absolute Gasteiger partial charge is 0.125 e. The van der Waals surface area contributed by atoms with Gasteiger partial charge < -0.3 is 4.74 Å². The van der Waals surface area contributed by atoms with Crippen LogP contribution in [0.3, 0.4) is 0 Å². The Balaban J connectivity index is 3.07. The van der Waals surface area contributed by atoms with E-state index in [1.54, 1.807) is 0 Å². The lowest BCUT2D eigenvalue weighted by atomic mass is 9.93. The van der Waals surface area contributed by atoms with E-state index in [-0.39, 0.29) is 0 Å². The summed E-state index contributed by atoms with van der Waals surface area (Å²) in [5.41, 5.74) is 3.85. The van der Waals surface area contributed by atoms with Gasteiger partial charge in [0, 0.05) is 0 Å². The zero-order valence-corrected chi connectivity index (χ0v) is 12.4. The molecule has 18 heavy (non-hydrogen) atoms. The normalized spacial score (nSPS) is 12.6. The van der Waals surface area contributed by atoms with E-state index in [2.05, 4.69) is 53.3 Å². The Kier molecular flexibility index (Phi) is 5.46. The molecule has 0 aliphatic rings. The molecule has 1 aromatic rings. The molecule has 0 saturated heterocycles. The highest BCUT2D eigenvalue weighted by molar-refractivity contribution is 5.45. The number of rotatable bonds is 6. The fourth-order valence-corrected chi connectivity index (χ4v) is 2.18. The van der Waals surface area contributed by atoms with Gasteiger partial charge in [-0.05, 0) is 43.2 Å². The zero-order chi connectivity index (χ0) is 13.7. The molecule has 0 saturated carbocycles. The Bertz CT molecular complexity index is 404. The number of allylic oxidation sites excluding steroid dienone is 1. The lowest BCUT2D eigenvalue weighted by Gasteiger charge is -2.20. The first-order valence-corrected chi connectivity index (χ1v) is 6.80. The maximum absolute atomic E-state index is 6.02. The van der Waals surface area contributed by atoms with Crippen LogP contribution < -0.4 is 4.74 Å². The fraction of sp³-hybridized carbons (Fsp3) is 0.529. The summed E-state index contributed by atoms with van der Waals surface area (Å²) in [6.07, 6.45) is 2.97. The van der Waals surface area contributed by atoms with Gasteiger partial charge in [-0.3, -0.25) is 0 Å². The summed E-state index contributed by atoms with van der Waals surface area (Å²) in [6, 6.07) is 4.44. The maximum Gasteiger partial charge on any atom is 0.125 e. The molecule has 1 rings (SSSR count). The molecule has 0 amide bonds. The minimum atomic E-state index is 0.461. The summed E-state index contributed by atoms with van der Waals surface area (Å²) < 4.78 is 6.02. The lowest BCUT2D eigenvalue weighted by molar-refractivity contribution is 0.265. The van der Waals surface area contributed by atoms with Crippen molar-refractivity contribution < 1.29 is 4.74 Å². The standard InChI is InChI=1S/C17H26O/c1-7-8-14(5)16-10-13(4)9-15(6)17(16)18-11-12(2)3/h7,9-10,12,14H,1,8,11H2,2-6H3. The number of benzene rings is 1. The molecule has 1 atom stereocenters. The molecule has 1 aromatic carbocycles. The molecular formula is C17H26O. The number of hydrogen-bond donors (Lipinski definition) is 0. The van der Waals surface area contributed by atoms with Crippen molar-refractivity contribution in [3.05, 3.63) is 41.5 Å². The van der Waals surface area contributed by atoms with E-state index in [1.165, 1.54) is 16.7 Å². The molecule has 0 heterocycles. The Morgan fingerprint density at radius 3 is 2.44 bits per heavy atom. The van der Waals surface area contributed by atoms with Crippen molar-refractivity contribution in [3.63, 3.8) is 0 Å². The summed E-state index contributed by atoms with van der Waals surface area (Å²) in [5.74, 6) is 2.08. The van der Waals surface area contributed by atoms with Crippen molar-refractivity contribution in [1.29, 1.82) is 0 Å². The number of aryl methyl sites for hydroxylation is 2. The van der Waals surface area contributed by atoms with Gasteiger partial charge in [0.15, 0.2) is 0 Å². The van der Waals surface area contributed by atoms with Gasteiger partial charge >= 0.3 is 0 Å². The maximum atomic E-state index is 6.02. The second-order valence-corrected chi connectivity index (χ2v) is 5.63. The predicted molar refractivity (Wildman–Crippen MR) is 79.5 cm³/mol. The van der Waals surface area contributed by atoms with E-state index in [0.717, 1.165) is 18.8 Å². The highest BCUT2D eigenvalue weighted by Crippen LogP contribution is 2.33. The Labute approximate surface area is 112 Å². The average molecular weight is 246 g/mol. The van der Waals surface area contributed by atoms with Crippen molar-refractivity contribution in [2.75, 3.05) is 6.61 Å². The third-order valence-corrected chi connectivity index (χ3v) is 3.06. The summed E-state index contributed by atoms with van der Waals surface area (Å²) in [6.45, 7) is 15.5. The van der Waals surface area contributed by atoms with Crippen LogP contribution in [0.15, 0.2) is 24.8 Å². The molecule has 0 aromatic heterocycles. The quantitative estimate of drug-likeness (QED) is 0.640. The summed E-state index contributed by atoms with van der Waals surface area (Å²) in [5, 5.41) is 0. The predicted octanol–water partition coefficient (Wildman–Crippen LogP) is 5.02. The molecule has 0 fully saturated rings. The van der Waals surface area contributed by atoms with E-state index >= 15 is 0 Å². The number of ether oxygens (including phenoxy) is 1. The number of hydrogen-bond acceptors (Lipinski definition) is 1. The van der Waals surface area contributed by atoms with Gasteiger partial charge in [-0.2, -0.15) is 0 Å². The van der Waals surface area contributed by atoms with E-state index in [9.17, 15) is 0 Å². The first-order valence-electron chi connectivity index (χ1n) is 6.80. The van der Waals surface area contributed by atoms with Gasteiger partial charge in [-0.1, -0.05) is 44.5 Å². The molecule has 0 N–H and O–H groups in total. The molecule has 0 spiro atoms. The van der Waals surface area contributed by atoms with Crippen LogP contribution in [0.4, 0.5) is 0 Å². The van der Waals surface area contributed by atoms with Crippen LogP contribution in [0.2, 0.25) is 0 Å². The third kappa shape index (κ3) is 3.90. The van der Waals surface area contributed by atoms with Crippen molar-refractivity contribution in [2.24, 2.45) is 5.92 Å². The molecule has 1 unspecified atom stereocenters. The van der Waals surface area contributed by atoms with E-state index in [4.69, 9.17) is 4.74 Å². The van der Waals surface area contributed by atoms with Crippen LogP contribution in [0.5, 0.6) is 5.75 Å². The Morgan fingerprint density at radius 1 is 1.22 bits per heavy atom. The molecule has 1 nitrogen and oxygen atoms in total. The minimum absolute atomic E-state index is 0.461. The van der Waals surface area contributed by atoms with Crippen LogP contribution >= 0.6 is 0 Å². The first-order chi connectivity index (χ1) is 8.45. The highest BCUT2D eigenvalue weighted by Gasteiger charge is 2.14. The van der Waals surface area contributed by atoms with Crippen LogP contribution in [0, 0.1) is 19.8 Å². The fourth-order valence-electron chi connectivity index (χ4n) is 2.18. The zero-order valence-electron chi connectivity index (χ0n) is 12.4. The van der Waals surface area contributed by atoms with Crippen LogP contribution in [0.25, 0.3) is 0 Å². The van der Waals surface area contributed by atoms with Crippen LogP contribution in [-0.4, -0.2) is 6.61 Å². The minimum Gasteiger partial charge on any atom is -0.493 e. The molecule has 100 valence electrons. The third-order valence-electron chi connectivity index (χ3n) is 3.06. The van der Waals surface area contributed by atoms with Crippen LogP contribution in [0.1, 0.15) is 49.8 Å². The first kappa shape index (κ1) is 14.8. The molecule has 0 bridgehead atoms. The van der Waals surface area contributed by atoms with Gasteiger partial charge in [0.25, 0.3) is 0 Å². The highest BCUT2D eigenvalue weighted by atomic mass is 16.5. The average Bonchev–Trinajstić information content (AvgIpc) is 2.26. The molecule has 0 aliphatic heterocycles. The van der Waals surface area contributed by atoms with Gasteiger partial charge in [-0.25, -0.2) is 0 Å². The largest absolute Gasteiger partial charge is 0.493 e. The summed E-state index contributed by atoms with van der Waals surface area (Å²) in [7, 11) is 0. The SMILES string of the molecule is C=CCC(C)c1cc(C)cc(C)c1OCC(C)C. The van der Waals surface area contributed by atoms with E-state index < -0.39 is 0 Å². The molecular weight excluding hydrogens is 220 g/mol. The van der Waals surface area contributed by atoms with Gasteiger partial charge in [0.05, 0.1) is 6.61 Å². The van der Waals surface area contributed by atoms with Gasteiger partial charge in [-0.15, -0.1) is 6.58 Å². The van der Waals surface area contributed by atoms with Crippen molar-refractivity contribution in [2.45, 2.75) is 47.0 Å². The molecule has 0 radical (unpaired) electrons. The second kappa shape index (κ2) is 6.63. The topological polar surface area (TPSA) is 9.23 Å². The van der Waals surface area contributed by atoms with Crippen LogP contribution in [-0.2, 0) is 0 Å². The van der Waals surface area contributed by atoms with E-state index in [0.29, 0.717) is 11.8 Å². The molecule has 0 aliphatic carbocycles. The van der Waals surface area contributed by atoms with Crippen molar-refractivity contribution in [3.8, 4) is 5.75 Å². The summed E-state index contributed by atoms with van der Waals surface area (Å²) in [4.78, 5) is 0. The second-order valence-electron chi connectivity index (χ2n) is 5.63. The summed E-state index contributed by atoms with van der Waals surface area (Å²) >= 11 is 0. The van der Waals surface area contributed by atoms with Gasteiger partial charge in [0.1, 0.15) is 5.75 Å². The Morgan fingerprint density at radius 2 is 1.89 bits per heavy atom. The molecule has 1 heteroatoms. The van der Waals surface area contributed by atoms with E-state index in [1.807, 2.05) is 6.08 Å². The van der Waals surface area contributed by atoms with Gasteiger partial charge in [0.2, 0.25) is 0 Å². The Hall–Kier alpha value is -1.24. The van der Waals surface area contributed by atoms with Crippen molar-refractivity contribution in [1.82, 2.24) is 0 Å². The lowest BCUT2D eigenvalue weighted by Crippen LogP contribution is -2.09. The van der Waals surface area contributed by atoms with Crippen molar-refractivity contribution >= 4 is 0 Å².